The molecule has 0 aliphatic heterocycles. The average Bonchev–Trinajstić information content (AvgIpc) is 2.16. The van der Waals surface area contributed by atoms with Crippen LogP contribution in [0.25, 0.3) is 0 Å². The summed E-state index contributed by atoms with van der Waals surface area (Å²) in [4.78, 5) is 19.3. The molecule has 1 N–H and O–H groups in total. The van der Waals surface area contributed by atoms with Crippen LogP contribution in [0.1, 0.15) is 5.82 Å². The largest absolute Gasteiger partial charge is 0.467 e. The van der Waals surface area contributed by atoms with Crippen molar-refractivity contribution in [2.24, 2.45) is 0 Å². The lowest BCUT2D eigenvalue weighted by atomic mass is 10.6. The normalized spacial score (nSPS) is 10.9. The quantitative estimate of drug-likeness (QED) is 0.752. The van der Waals surface area contributed by atoms with Gasteiger partial charge in [0.05, 0.1) is 7.11 Å². The molecule has 0 unspecified atom stereocenters. The summed E-state index contributed by atoms with van der Waals surface area (Å²) < 4.78 is 41.0. The van der Waals surface area contributed by atoms with Gasteiger partial charge in [-0.15, -0.1) is 0 Å². The third-order valence-corrected chi connectivity index (χ3v) is 1.24. The molecule has 1 aromatic rings. The van der Waals surface area contributed by atoms with Crippen molar-refractivity contribution < 1.29 is 22.7 Å². The predicted octanol–water partition coefficient (Wildman–Crippen LogP) is 0.467. The number of amides is 1. The summed E-state index contributed by atoms with van der Waals surface area (Å²) in [5.74, 6) is -1.96. The molecule has 0 saturated carbocycles. The number of ether oxygens (including phenoxy) is 1. The molecule has 0 aliphatic carbocycles. The molecule has 0 aliphatic rings. The summed E-state index contributed by atoms with van der Waals surface area (Å²) in [5.41, 5.74) is 0. The van der Waals surface area contributed by atoms with Crippen LogP contribution in [0.5, 0.6) is 6.01 Å². The first kappa shape index (κ1) is 11.1. The maximum absolute atomic E-state index is 12.2. The van der Waals surface area contributed by atoms with E-state index in [1.165, 1.54) is 0 Å². The zero-order chi connectivity index (χ0) is 11.5. The molecule has 1 amide bonds. The van der Waals surface area contributed by atoms with Crippen molar-refractivity contribution in [1.29, 1.82) is 0 Å². The maximum Gasteiger partial charge on any atom is 0.451 e. The van der Waals surface area contributed by atoms with Gasteiger partial charge in [0.2, 0.25) is 18.2 Å². The van der Waals surface area contributed by atoms with Crippen LogP contribution in [0.2, 0.25) is 0 Å². The molecule has 0 saturated heterocycles. The molecular weight excluding hydrogens is 217 g/mol. The van der Waals surface area contributed by atoms with E-state index in [9.17, 15) is 18.0 Å². The lowest BCUT2D eigenvalue weighted by Crippen LogP contribution is -2.15. The monoisotopic (exact) mass is 222 g/mol. The minimum atomic E-state index is -4.73. The summed E-state index contributed by atoms with van der Waals surface area (Å²) in [5, 5.41) is 1.87. The van der Waals surface area contributed by atoms with Gasteiger partial charge in [0, 0.05) is 0 Å². The molecule has 1 aromatic heterocycles. The first-order chi connectivity index (χ1) is 6.97. The van der Waals surface area contributed by atoms with Crippen molar-refractivity contribution >= 4 is 12.4 Å². The number of hydrogen-bond acceptors (Lipinski definition) is 5. The summed E-state index contributed by atoms with van der Waals surface area (Å²) in [6.07, 6.45) is -4.58. The number of carbonyl (C=O) groups is 1. The fourth-order valence-corrected chi connectivity index (χ4v) is 0.692. The molecule has 0 fully saturated rings. The molecular formula is C6H5F3N4O2. The van der Waals surface area contributed by atoms with Crippen LogP contribution in [0.3, 0.4) is 0 Å². The number of nitrogens with zero attached hydrogens (tertiary/aromatic N) is 3. The van der Waals surface area contributed by atoms with Gasteiger partial charge < -0.3 is 4.74 Å². The number of methoxy groups -OCH3 is 1. The zero-order valence-electron chi connectivity index (χ0n) is 7.37. The lowest BCUT2D eigenvalue weighted by molar-refractivity contribution is -0.145. The van der Waals surface area contributed by atoms with Crippen molar-refractivity contribution in [3.05, 3.63) is 5.82 Å². The fraction of sp³-hybridized carbons (Fsp3) is 0.333. The highest BCUT2D eigenvalue weighted by atomic mass is 19.4. The van der Waals surface area contributed by atoms with Gasteiger partial charge in [0.25, 0.3) is 0 Å². The number of nitrogens with one attached hydrogen (secondary N) is 1. The van der Waals surface area contributed by atoms with Crippen molar-refractivity contribution in [1.82, 2.24) is 15.0 Å². The number of aromatic nitrogens is 3. The predicted molar refractivity (Wildman–Crippen MR) is 41.1 cm³/mol. The van der Waals surface area contributed by atoms with Crippen molar-refractivity contribution in [2.75, 3.05) is 12.4 Å². The Labute approximate surface area is 81.5 Å². The van der Waals surface area contributed by atoms with Crippen LogP contribution >= 0.6 is 0 Å². The Bertz CT molecular complexity index is 368. The number of anilines is 1. The standard InChI is InChI=1S/C6H5F3N4O2/c1-15-5-12-3(6(7,8)9)11-4(13-5)10-2-14/h2H,1H3,(H,10,11,12,13,14). The second-order valence-electron chi connectivity index (χ2n) is 2.23. The molecule has 6 nitrogen and oxygen atoms in total. The Hall–Kier alpha value is -1.93. The van der Waals surface area contributed by atoms with Crippen LogP contribution in [-0.4, -0.2) is 28.5 Å². The zero-order valence-corrected chi connectivity index (χ0v) is 7.37. The molecule has 0 spiro atoms. The highest BCUT2D eigenvalue weighted by molar-refractivity contribution is 5.66. The molecule has 82 valence electrons. The third kappa shape index (κ3) is 2.76. The smallest absolute Gasteiger partial charge is 0.451 e. The van der Waals surface area contributed by atoms with E-state index in [1.807, 2.05) is 5.32 Å². The van der Waals surface area contributed by atoms with Crippen molar-refractivity contribution in [3.63, 3.8) is 0 Å². The van der Waals surface area contributed by atoms with E-state index in [-0.39, 0.29) is 6.41 Å². The Morgan fingerprint density at radius 3 is 2.47 bits per heavy atom. The van der Waals surface area contributed by atoms with Gasteiger partial charge in [0.1, 0.15) is 0 Å². The Morgan fingerprint density at radius 2 is 2.00 bits per heavy atom. The van der Waals surface area contributed by atoms with Gasteiger partial charge in [-0.05, 0) is 0 Å². The minimum Gasteiger partial charge on any atom is -0.467 e. The topological polar surface area (TPSA) is 77.0 Å². The first-order valence-electron chi connectivity index (χ1n) is 3.55. The van der Waals surface area contributed by atoms with E-state index in [1.54, 1.807) is 0 Å². The van der Waals surface area contributed by atoms with E-state index < -0.39 is 24.0 Å². The lowest BCUT2D eigenvalue weighted by Gasteiger charge is -2.07. The molecule has 1 heterocycles. The van der Waals surface area contributed by atoms with E-state index in [0.717, 1.165) is 7.11 Å². The molecule has 9 heteroatoms. The molecule has 0 bridgehead atoms. The van der Waals surface area contributed by atoms with E-state index >= 15 is 0 Å². The molecule has 0 aromatic carbocycles. The summed E-state index contributed by atoms with van der Waals surface area (Å²) in [7, 11) is 1.10. The van der Waals surface area contributed by atoms with Crippen LogP contribution < -0.4 is 10.1 Å². The first-order valence-corrected chi connectivity index (χ1v) is 3.55. The van der Waals surface area contributed by atoms with Gasteiger partial charge in [-0.2, -0.15) is 28.1 Å². The number of hydrogen-bond donors (Lipinski definition) is 1. The minimum absolute atomic E-state index is 0.148. The van der Waals surface area contributed by atoms with Crippen LogP contribution in [0.4, 0.5) is 19.1 Å². The number of alkyl halides is 3. The molecule has 1 rings (SSSR count). The molecule has 15 heavy (non-hydrogen) atoms. The van der Waals surface area contributed by atoms with Crippen molar-refractivity contribution in [3.8, 4) is 6.01 Å². The number of halogens is 3. The summed E-state index contributed by atoms with van der Waals surface area (Å²) >= 11 is 0. The van der Waals surface area contributed by atoms with E-state index in [0.29, 0.717) is 0 Å². The third-order valence-electron chi connectivity index (χ3n) is 1.24. The van der Waals surface area contributed by atoms with Gasteiger partial charge in [0.15, 0.2) is 0 Å². The Kier molecular flexibility index (Phi) is 3.02. The summed E-state index contributed by atoms with van der Waals surface area (Å²) in [6, 6.07) is -0.526. The van der Waals surface area contributed by atoms with Crippen LogP contribution in [-0.2, 0) is 11.0 Å². The van der Waals surface area contributed by atoms with Crippen LogP contribution in [0, 0.1) is 0 Å². The Balaban J connectivity index is 3.17. The van der Waals surface area contributed by atoms with Gasteiger partial charge >= 0.3 is 12.2 Å². The van der Waals surface area contributed by atoms with Crippen molar-refractivity contribution in [2.45, 2.75) is 6.18 Å². The van der Waals surface area contributed by atoms with E-state index in [4.69, 9.17) is 0 Å². The SMILES string of the molecule is COc1nc(NC=O)nc(C(F)(F)F)n1. The Morgan fingerprint density at radius 1 is 1.33 bits per heavy atom. The van der Waals surface area contributed by atoms with Crippen LogP contribution in [0.15, 0.2) is 0 Å². The fourth-order valence-electron chi connectivity index (χ4n) is 0.692. The van der Waals surface area contributed by atoms with E-state index in [2.05, 4.69) is 19.7 Å². The highest BCUT2D eigenvalue weighted by Gasteiger charge is 2.36. The maximum atomic E-state index is 12.2. The highest BCUT2D eigenvalue weighted by Crippen LogP contribution is 2.27. The van der Waals surface area contributed by atoms with Gasteiger partial charge in [-0.3, -0.25) is 10.1 Å². The number of carbonyl (C=O) groups excluding carboxylic acids is 1. The second-order valence-corrected chi connectivity index (χ2v) is 2.23. The molecule has 0 atom stereocenters. The number of rotatable bonds is 3. The van der Waals surface area contributed by atoms with Gasteiger partial charge in [-0.25, -0.2) is 0 Å². The average molecular weight is 222 g/mol. The molecule has 0 radical (unpaired) electrons. The summed E-state index contributed by atoms with van der Waals surface area (Å²) in [6.45, 7) is 0. The van der Waals surface area contributed by atoms with Gasteiger partial charge in [-0.1, -0.05) is 0 Å². The second kappa shape index (κ2) is 4.07.